The number of aliphatic carboxylic acids is 1. The van der Waals surface area contributed by atoms with E-state index in [-0.39, 0.29) is 12.5 Å². The first-order chi connectivity index (χ1) is 7.61. The Balaban J connectivity index is 3.92. The Bertz CT molecular complexity index is 226. The number of carboxylic acid groups (broad SMARTS) is 1. The fourth-order valence-electron chi connectivity index (χ4n) is 1.07. The number of halogens is 1. The van der Waals surface area contributed by atoms with Crippen molar-refractivity contribution in [3.05, 3.63) is 0 Å². The zero-order chi connectivity index (χ0) is 12.4. The molecule has 94 valence electrons. The van der Waals surface area contributed by atoms with Crippen molar-refractivity contribution < 1.29 is 19.4 Å². The number of carboxylic acids is 1. The lowest BCUT2D eigenvalue weighted by Gasteiger charge is -2.13. The van der Waals surface area contributed by atoms with Gasteiger partial charge in [0.2, 0.25) is 0 Å². The van der Waals surface area contributed by atoms with Gasteiger partial charge in [-0.2, -0.15) is 0 Å². The first kappa shape index (κ1) is 15.0. The van der Waals surface area contributed by atoms with Gasteiger partial charge in [0, 0.05) is 0 Å². The predicted octanol–water partition coefficient (Wildman–Crippen LogP) is 0.534. The third kappa shape index (κ3) is 7.30. The molecule has 0 heterocycles. The largest absolute Gasteiger partial charge is 0.480 e. The molecule has 0 fully saturated rings. The Hall–Kier alpha value is -1.01. The molecule has 0 aromatic carbocycles. The van der Waals surface area contributed by atoms with Gasteiger partial charge in [-0.15, -0.1) is 11.6 Å². The number of amides is 1. The van der Waals surface area contributed by atoms with Gasteiger partial charge < -0.3 is 20.9 Å². The van der Waals surface area contributed by atoms with Gasteiger partial charge in [-0.3, -0.25) is 0 Å². The molecular weight excluding hydrogens is 236 g/mol. The van der Waals surface area contributed by atoms with E-state index in [1.807, 2.05) is 0 Å². The summed E-state index contributed by atoms with van der Waals surface area (Å²) in [5, 5.41) is 11.1. The number of carbonyl (C=O) groups is 2. The summed E-state index contributed by atoms with van der Waals surface area (Å²) in [7, 11) is 0. The lowest BCUT2D eigenvalue weighted by Crippen LogP contribution is -2.41. The molecule has 0 aromatic rings. The quantitative estimate of drug-likeness (QED) is 0.432. The maximum absolute atomic E-state index is 11.1. The van der Waals surface area contributed by atoms with Crippen LogP contribution in [0.4, 0.5) is 4.79 Å². The van der Waals surface area contributed by atoms with Crippen LogP contribution in [0.15, 0.2) is 0 Å². The van der Waals surface area contributed by atoms with E-state index in [9.17, 15) is 9.59 Å². The molecule has 0 aliphatic carbocycles. The van der Waals surface area contributed by atoms with E-state index in [0.717, 1.165) is 6.42 Å². The average molecular weight is 253 g/mol. The van der Waals surface area contributed by atoms with E-state index in [2.05, 4.69) is 10.1 Å². The third-order valence-corrected chi connectivity index (χ3v) is 2.00. The predicted molar refractivity (Wildman–Crippen MR) is 59.5 cm³/mol. The van der Waals surface area contributed by atoms with Crippen LogP contribution in [0, 0.1) is 0 Å². The molecule has 0 spiro atoms. The minimum Gasteiger partial charge on any atom is -0.480 e. The molecule has 1 atom stereocenters. The number of nitrogens with one attached hydrogen (secondary N) is 1. The molecule has 0 aliphatic rings. The number of hydrogen-bond acceptors (Lipinski definition) is 4. The van der Waals surface area contributed by atoms with Gasteiger partial charge >= 0.3 is 12.1 Å². The van der Waals surface area contributed by atoms with E-state index in [4.69, 9.17) is 22.4 Å². The van der Waals surface area contributed by atoms with E-state index >= 15 is 0 Å². The van der Waals surface area contributed by atoms with E-state index in [0.29, 0.717) is 19.4 Å². The molecular formula is C9H17ClN2O4. The van der Waals surface area contributed by atoms with Crippen LogP contribution in [0.2, 0.25) is 0 Å². The summed E-state index contributed by atoms with van der Waals surface area (Å²) in [5.41, 5.74) is 5.28. The number of ether oxygens (including phenoxy) is 1. The number of hydrogen-bond donors (Lipinski definition) is 3. The summed E-state index contributed by atoms with van der Waals surface area (Å²) in [5.74, 6) is -0.905. The first-order valence-corrected chi connectivity index (χ1v) is 5.57. The lowest BCUT2D eigenvalue weighted by atomic mass is 10.1. The van der Waals surface area contributed by atoms with Crippen molar-refractivity contribution in [2.75, 3.05) is 19.0 Å². The minimum absolute atomic E-state index is 0.0581. The highest BCUT2D eigenvalue weighted by Gasteiger charge is 2.19. The summed E-state index contributed by atoms with van der Waals surface area (Å²) in [6, 6.07) is -0.936. The van der Waals surface area contributed by atoms with Gasteiger partial charge in [-0.1, -0.05) is 0 Å². The number of alkyl carbamates (subject to hydrolysis) is 1. The van der Waals surface area contributed by atoms with E-state index < -0.39 is 18.1 Å². The average Bonchev–Trinajstić information content (AvgIpc) is 2.25. The highest BCUT2D eigenvalue weighted by Crippen LogP contribution is 2.01. The fraction of sp³-hybridized carbons (Fsp3) is 0.778. The molecule has 4 N–H and O–H groups in total. The van der Waals surface area contributed by atoms with Crippen molar-refractivity contribution in [2.24, 2.45) is 5.73 Å². The Kier molecular flexibility index (Phi) is 8.65. The Morgan fingerprint density at radius 1 is 1.44 bits per heavy atom. The van der Waals surface area contributed by atoms with Crippen LogP contribution in [0.25, 0.3) is 0 Å². The molecule has 1 amide bonds. The highest BCUT2D eigenvalue weighted by atomic mass is 35.5. The number of alkyl halides is 1. The summed E-state index contributed by atoms with van der Waals surface area (Å²) in [4.78, 5) is 21.8. The van der Waals surface area contributed by atoms with Gasteiger partial charge in [0.15, 0.2) is 0 Å². The fourth-order valence-corrected chi connectivity index (χ4v) is 1.14. The summed E-state index contributed by atoms with van der Waals surface area (Å²) in [6.45, 7) is 0.561. The molecule has 6 nitrogen and oxygen atoms in total. The Morgan fingerprint density at radius 2 is 2.12 bits per heavy atom. The smallest absolute Gasteiger partial charge is 0.407 e. The molecule has 0 radical (unpaired) electrons. The molecule has 16 heavy (non-hydrogen) atoms. The number of unbranched alkanes of at least 4 members (excludes halogenated alkanes) is 1. The van der Waals surface area contributed by atoms with Gasteiger partial charge in [0.25, 0.3) is 0 Å². The maximum atomic E-state index is 11.1. The summed E-state index contributed by atoms with van der Waals surface area (Å²) in [6.07, 6.45) is 0.939. The second-order valence-electron chi connectivity index (χ2n) is 3.14. The maximum Gasteiger partial charge on any atom is 0.407 e. The van der Waals surface area contributed by atoms with Crippen LogP contribution in [0.1, 0.15) is 19.3 Å². The van der Waals surface area contributed by atoms with Crippen LogP contribution in [0.3, 0.4) is 0 Å². The van der Waals surface area contributed by atoms with Gasteiger partial charge in [0.1, 0.15) is 12.6 Å². The molecule has 0 saturated carbocycles. The van der Waals surface area contributed by atoms with Crippen molar-refractivity contribution in [3.8, 4) is 0 Å². The Labute approximate surface area is 99.1 Å². The second kappa shape index (κ2) is 9.23. The van der Waals surface area contributed by atoms with Crippen LogP contribution in [-0.2, 0) is 9.53 Å². The Morgan fingerprint density at radius 3 is 2.62 bits per heavy atom. The molecule has 0 aliphatic heterocycles. The highest BCUT2D eigenvalue weighted by molar-refractivity contribution is 6.18. The van der Waals surface area contributed by atoms with Crippen LogP contribution >= 0.6 is 11.6 Å². The summed E-state index contributed by atoms with van der Waals surface area (Å²) >= 11 is 5.31. The van der Waals surface area contributed by atoms with Crippen LogP contribution in [0.5, 0.6) is 0 Å². The van der Waals surface area contributed by atoms with Crippen LogP contribution in [-0.4, -0.2) is 42.2 Å². The van der Waals surface area contributed by atoms with Gasteiger partial charge in [-0.25, -0.2) is 9.59 Å². The van der Waals surface area contributed by atoms with Gasteiger partial charge in [-0.05, 0) is 25.8 Å². The standard InChI is InChI=1S/C9H17ClN2O4/c10-4-6-16-9(15)12-7(8(13)14)3-1-2-5-11/h7H,1-6,11H2,(H,12,15)(H,13,14)/t7-/m0/s1. The monoisotopic (exact) mass is 252 g/mol. The normalized spacial score (nSPS) is 11.9. The number of rotatable bonds is 8. The van der Waals surface area contributed by atoms with E-state index in [1.165, 1.54) is 0 Å². The van der Waals surface area contributed by atoms with Crippen molar-refractivity contribution >= 4 is 23.7 Å². The van der Waals surface area contributed by atoms with Crippen molar-refractivity contribution in [1.29, 1.82) is 0 Å². The van der Waals surface area contributed by atoms with Crippen LogP contribution < -0.4 is 11.1 Å². The molecule has 0 rings (SSSR count). The zero-order valence-electron chi connectivity index (χ0n) is 8.95. The molecule has 7 heteroatoms. The number of carbonyl (C=O) groups excluding carboxylic acids is 1. The van der Waals surface area contributed by atoms with Gasteiger partial charge in [0.05, 0.1) is 5.88 Å². The topological polar surface area (TPSA) is 102 Å². The molecule has 0 bridgehead atoms. The number of nitrogens with two attached hydrogens (primary N) is 1. The van der Waals surface area contributed by atoms with Crippen molar-refractivity contribution in [2.45, 2.75) is 25.3 Å². The third-order valence-electron chi connectivity index (χ3n) is 1.85. The molecule has 0 saturated heterocycles. The zero-order valence-corrected chi connectivity index (χ0v) is 9.70. The SMILES string of the molecule is NCCCC[C@H](NC(=O)OCCCl)C(=O)O. The summed E-state index contributed by atoms with van der Waals surface area (Å²) < 4.78 is 4.61. The molecule has 0 unspecified atom stereocenters. The minimum atomic E-state index is -1.08. The van der Waals surface area contributed by atoms with Crippen molar-refractivity contribution in [1.82, 2.24) is 5.32 Å². The second-order valence-corrected chi connectivity index (χ2v) is 3.52. The van der Waals surface area contributed by atoms with Crippen molar-refractivity contribution in [3.63, 3.8) is 0 Å². The van der Waals surface area contributed by atoms with E-state index in [1.54, 1.807) is 0 Å². The lowest BCUT2D eigenvalue weighted by molar-refractivity contribution is -0.139. The molecule has 0 aromatic heterocycles. The first-order valence-electron chi connectivity index (χ1n) is 5.04.